The number of hydrogen-bond donors (Lipinski definition) is 1. The van der Waals surface area contributed by atoms with Gasteiger partial charge in [0.1, 0.15) is 5.75 Å². The molecule has 0 saturated carbocycles. The number of fused-ring (bicyclic) bond motifs is 1. The van der Waals surface area contributed by atoms with Crippen molar-refractivity contribution in [1.82, 2.24) is 4.57 Å². The van der Waals surface area contributed by atoms with E-state index in [0.717, 1.165) is 30.2 Å². The van der Waals surface area contributed by atoms with Gasteiger partial charge >= 0.3 is 0 Å². The molecule has 1 atom stereocenters. The van der Waals surface area contributed by atoms with Crippen LogP contribution < -0.4 is 5.56 Å². The van der Waals surface area contributed by atoms with Gasteiger partial charge in [-0.25, -0.2) is 0 Å². The van der Waals surface area contributed by atoms with Crippen LogP contribution in [0.1, 0.15) is 30.7 Å². The molecule has 0 amide bonds. The molecule has 0 saturated heterocycles. The van der Waals surface area contributed by atoms with Gasteiger partial charge in [-0.05, 0) is 31.4 Å². The molecule has 0 radical (unpaired) electrons. The molecule has 2 aromatic rings. The molecule has 1 unspecified atom stereocenters. The summed E-state index contributed by atoms with van der Waals surface area (Å²) in [5.74, 6) is 0.187. The minimum atomic E-state index is -0.0900. The van der Waals surface area contributed by atoms with Gasteiger partial charge in [0.2, 0.25) is 0 Å². The molecule has 3 rings (SSSR count). The van der Waals surface area contributed by atoms with Crippen molar-refractivity contribution in [2.45, 2.75) is 25.2 Å². The summed E-state index contributed by atoms with van der Waals surface area (Å²) in [7, 11) is 1.76. The molecule has 19 heavy (non-hydrogen) atoms. The lowest BCUT2D eigenvalue weighted by Gasteiger charge is -2.19. The van der Waals surface area contributed by atoms with Crippen LogP contribution in [0.5, 0.6) is 5.75 Å². The first-order valence-corrected chi connectivity index (χ1v) is 6.67. The fourth-order valence-electron chi connectivity index (χ4n) is 2.89. The molecule has 3 heteroatoms. The topological polar surface area (TPSA) is 42.2 Å². The predicted octanol–water partition coefficient (Wildman–Crippen LogP) is 3.07. The first kappa shape index (κ1) is 12.0. The zero-order valence-electron chi connectivity index (χ0n) is 11.0. The van der Waals surface area contributed by atoms with Crippen molar-refractivity contribution in [1.29, 1.82) is 0 Å². The molecule has 1 aromatic carbocycles. The molecular formula is C16H17NO2. The van der Waals surface area contributed by atoms with E-state index in [9.17, 15) is 9.90 Å². The van der Waals surface area contributed by atoms with Gasteiger partial charge in [0.25, 0.3) is 5.56 Å². The molecule has 3 nitrogen and oxygen atoms in total. The Morgan fingerprint density at radius 2 is 2.11 bits per heavy atom. The highest BCUT2D eigenvalue weighted by molar-refractivity contribution is 5.86. The molecule has 98 valence electrons. The van der Waals surface area contributed by atoms with Crippen molar-refractivity contribution < 1.29 is 5.11 Å². The van der Waals surface area contributed by atoms with Crippen molar-refractivity contribution in [3.63, 3.8) is 0 Å². The van der Waals surface area contributed by atoms with E-state index in [1.807, 2.05) is 24.3 Å². The molecule has 0 aliphatic heterocycles. The summed E-state index contributed by atoms with van der Waals surface area (Å²) in [5, 5.41) is 11.2. The number of allylic oxidation sites excluding steroid dienone is 2. The van der Waals surface area contributed by atoms with Crippen LogP contribution in [0.25, 0.3) is 10.9 Å². The largest absolute Gasteiger partial charge is 0.507 e. The van der Waals surface area contributed by atoms with Gasteiger partial charge in [-0.2, -0.15) is 0 Å². The van der Waals surface area contributed by atoms with E-state index >= 15 is 0 Å². The van der Waals surface area contributed by atoms with Gasteiger partial charge in [-0.1, -0.05) is 24.3 Å². The van der Waals surface area contributed by atoms with Gasteiger partial charge < -0.3 is 9.67 Å². The summed E-state index contributed by atoms with van der Waals surface area (Å²) < 4.78 is 1.63. The number of aromatic hydroxyl groups is 1. The second-order valence-electron chi connectivity index (χ2n) is 5.11. The highest BCUT2D eigenvalue weighted by Crippen LogP contribution is 2.35. The predicted molar refractivity (Wildman–Crippen MR) is 76.6 cm³/mol. The van der Waals surface area contributed by atoms with Crippen LogP contribution in [0.3, 0.4) is 0 Å². The Morgan fingerprint density at radius 1 is 1.32 bits per heavy atom. The summed E-state index contributed by atoms with van der Waals surface area (Å²) in [6, 6.07) is 7.48. The number of aryl methyl sites for hydroxylation is 1. The number of pyridine rings is 1. The van der Waals surface area contributed by atoms with Crippen molar-refractivity contribution >= 4 is 10.9 Å². The fraction of sp³-hybridized carbons (Fsp3) is 0.312. The number of hydrogen-bond acceptors (Lipinski definition) is 2. The maximum atomic E-state index is 12.5. The lowest BCUT2D eigenvalue weighted by molar-refractivity contribution is 0.464. The van der Waals surface area contributed by atoms with Crippen LogP contribution in [0, 0.1) is 0 Å². The highest BCUT2D eigenvalue weighted by atomic mass is 16.3. The maximum absolute atomic E-state index is 12.5. The van der Waals surface area contributed by atoms with E-state index in [2.05, 4.69) is 12.2 Å². The Balaban J connectivity index is 2.33. The number of benzene rings is 1. The Kier molecular flexibility index (Phi) is 2.90. The third kappa shape index (κ3) is 1.86. The summed E-state index contributed by atoms with van der Waals surface area (Å²) in [6.45, 7) is 0. The Labute approximate surface area is 111 Å². The smallest absolute Gasteiger partial charge is 0.258 e. The third-order valence-corrected chi connectivity index (χ3v) is 3.94. The van der Waals surface area contributed by atoms with Crippen LogP contribution in [0.4, 0.5) is 0 Å². The Hall–Kier alpha value is -2.03. The summed E-state index contributed by atoms with van der Waals surface area (Å²) in [6.07, 6.45) is 7.20. The molecule has 1 heterocycles. The van der Waals surface area contributed by atoms with Gasteiger partial charge in [0.05, 0.1) is 11.1 Å². The molecular weight excluding hydrogens is 238 g/mol. The van der Waals surface area contributed by atoms with Crippen LogP contribution in [-0.4, -0.2) is 9.67 Å². The van der Waals surface area contributed by atoms with E-state index in [0.29, 0.717) is 5.56 Å². The van der Waals surface area contributed by atoms with E-state index in [1.165, 1.54) is 0 Å². The number of rotatable bonds is 1. The summed E-state index contributed by atoms with van der Waals surface area (Å²) >= 11 is 0. The Morgan fingerprint density at radius 3 is 2.84 bits per heavy atom. The third-order valence-electron chi connectivity index (χ3n) is 3.94. The van der Waals surface area contributed by atoms with E-state index in [-0.39, 0.29) is 17.2 Å². The number of nitrogens with zero attached hydrogens (tertiary/aromatic N) is 1. The number of aromatic nitrogens is 1. The first-order chi connectivity index (χ1) is 9.20. The lowest BCUT2D eigenvalue weighted by atomic mass is 9.88. The van der Waals surface area contributed by atoms with E-state index in [4.69, 9.17) is 0 Å². The highest BCUT2D eigenvalue weighted by Gasteiger charge is 2.22. The first-order valence-electron chi connectivity index (χ1n) is 6.67. The molecule has 0 bridgehead atoms. The average molecular weight is 255 g/mol. The van der Waals surface area contributed by atoms with Crippen LogP contribution in [-0.2, 0) is 7.05 Å². The van der Waals surface area contributed by atoms with E-state index < -0.39 is 0 Å². The van der Waals surface area contributed by atoms with E-state index in [1.54, 1.807) is 11.6 Å². The normalized spacial score (nSPS) is 18.9. The monoisotopic (exact) mass is 255 g/mol. The number of para-hydroxylation sites is 1. The van der Waals surface area contributed by atoms with Crippen LogP contribution in [0.2, 0.25) is 0 Å². The van der Waals surface area contributed by atoms with Crippen molar-refractivity contribution in [3.8, 4) is 5.75 Å². The summed E-state index contributed by atoms with van der Waals surface area (Å²) in [5.41, 5.74) is 1.22. The SMILES string of the molecule is Cn1c(=O)c(C2C=CCCC2)c(O)c2ccccc21. The molecule has 1 aromatic heterocycles. The standard InChI is InChI=1S/C16H17NO2/c1-17-13-10-6-5-9-12(13)15(18)14(16(17)19)11-7-3-2-4-8-11/h3,5-7,9-11,18H,2,4,8H2,1H3. The minimum absolute atomic E-state index is 0.0389. The van der Waals surface area contributed by atoms with Gasteiger partial charge in [0, 0.05) is 18.4 Å². The van der Waals surface area contributed by atoms with Gasteiger partial charge in [0.15, 0.2) is 0 Å². The van der Waals surface area contributed by atoms with Crippen molar-refractivity contribution in [2.24, 2.45) is 7.05 Å². The maximum Gasteiger partial charge on any atom is 0.258 e. The molecule has 1 aliphatic carbocycles. The van der Waals surface area contributed by atoms with Crippen LogP contribution in [0.15, 0.2) is 41.2 Å². The van der Waals surface area contributed by atoms with Gasteiger partial charge in [-0.15, -0.1) is 0 Å². The van der Waals surface area contributed by atoms with Crippen molar-refractivity contribution in [3.05, 3.63) is 52.3 Å². The lowest BCUT2D eigenvalue weighted by Crippen LogP contribution is -2.24. The second-order valence-corrected chi connectivity index (χ2v) is 5.11. The average Bonchev–Trinajstić information content (AvgIpc) is 2.46. The molecule has 0 spiro atoms. The summed E-state index contributed by atoms with van der Waals surface area (Å²) in [4.78, 5) is 12.5. The molecule has 1 N–H and O–H groups in total. The van der Waals surface area contributed by atoms with Gasteiger partial charge in [-0.3, -0.25) is 4.79 Å². The second kappa shape index (κ2) is 4.57. The minimum Gasteiger partial charge on any atom is -0.507 e. The fourth-order valence-corrected chi connectivity index (χ4v) is 2.89. The quantitative estimate of drug-likeness (QED) is 0.796. The zero-order chi connectivity index (χ0) is 13.4. The van der Waals surface area contributed by atoms with Crippen LogP contribution >= 0.6 is 0 Å². The Bertz CT molecular complexity index is 712. The zero-order valence-corrected chi connectivity index (χ0v) is 11.0. The molecule has 1 aliphatic rings. The van der Waals surface area contributed by atoms with Crippen molar-refractivity contribution in [2.75, 3.05) is 0 Å². The molecule has 0 fully saturated rings.